The van der Waals surface area contributed by atoms with Gasteiger partial charge < -0.3 is 4.74 Å². The molecule has 3 rings (SSSR count). The molecule has 1 aliphatic heterocycles. The normalized spacial score (nSPS) is 29.8. The number of hydrogen-bond acceptors (Lipinski definition) is 1. The maximum atomic E-state index is 12.9. The Balaban J connectivity index is 1.86. The summed E-state index contributed by atoms with van der Waals surface area (Å²) in [6.07, 6.45) is 3.73. The Labute approximate surface area is 82.9 Å². The van der Waals surface area contributed by atoms with Gasteiger partial charge in [0.15, 0.2) is 0 Å². The SMILES string of the molecule is Fc1ccc2c(c1)CCC(C1CO1)C2. The van der Waals surface area contributed by atoms with Gasteiger partial charge in [-0.3, -0.25) is 0 Å². The minimum absolute atomic E-state index is 0.107. The number of epoxide rings is 1. The topological polar surface area (TPSA) is 12.5 Å². The van der Waals surface area contributed by atoms with Crippen molar-refractivity contribution in [2.24, 2.45) is 5.92 Å². The van der Waals surface area contributed by atoms with Gasteiger partial charge in [0.05, 0.1) is 12.7 Å². The second-order valence-corrected chi connectivity index (χ2v) is 4.29. The molecule has 0 bridgehead atoms. The van der Waals surface area contributed by atoms with Crippen LogP contribution >= 0.6 is 0 Å². The number of benzene rings is 1. The van der Waals surface area contributed by atoms with Gasteiger partial charge in [0.1, 0.15) is 5.82 Å². The average Bonchev–Trinajstić information content (AvgIpc) is 3.00. The number of ether oxygens (including phenoxy) is 1. The lowest BCUT2D eigenvalue weighted by Crippen LogP contribution is -2.19. The first-order valence-corrected chi connectivity index (χ1v) is 5.22. The van der Waals surface area contributed by atoms with Gasteiger partial charge in [-0.1, -0.05) is 6.07 Å². The summed E-state index contributed by atoms with van der Waals surface area (Å²) in [6.45, 7) is 0.932. The second kappa shape index (κ2) is 3.06. The summed E-state index contributed by atoms with van der Waals surface area (Å²) in [4.78, 5) is 0. The predicted molar refractivity (Wildman–Crippen MR) is 51.7 cm³/mol. The van der Waals surface area contributed by atoms with Gasteiger partial charge in [0.25, 0.3) is 0 Å². The number of fused-ring (bicyclic) bond motifs is 1. The van der Waals surface area contributed by atoms with Crippen LogP contribution in [0.15, 0.2) is 18.2 Å². The van der Waals surface area contributed by atoms with Gasteiger partial charge in [-0.2, -0.15) is 0 Å². The molecule has 1 aliphatic carbocycles. The molecule has 0 amide bonds. The third kappa shape index (κ3) is 1.44. The number of aryl methyl sites for hydroxylation is 1. The molecule has 74 valence electrons. The molecule has 0 saturated carbocycles. The lowest BCUT2D eigenvalue weighted by Gasteiger charge is -2.23. The van der Waals surface area contributed by atoms with E-state index in [0.29, 0.717) is 12.0 Å². The summed E-state index contributed by atoms with van der Waals surface area (Å²) < 4.78 is 18.3. The molecule has 1 aromatic rings. The summed E-state index contributed by atoms with van der Waals surface area (Å²) in [7, 11) is 0. The first-order valence-electron chi connectivity index (χ1n) is 5.22. The largest absolute Gasteiger partial charge is 0.373 e. The first kappa shape index (κ1) is 8.42. The smallest absolute Gasteiger partial charge is 0.123 e. The van der Waals surface area contributed by atoms with Crippen LogP contribution in [0.2, 0.25) is 0 Å². The van der Waals surface area contributed by atoms with Gasteiger partial charge in [0, 0.05) is 0 Å². The molecule has 1 aromatic carbocycles. The van der Waals surface area contributed by atoms with Gasteiger partial charge in [-0.15, -0.1) is 0 Å². The van der Waals surface area contributed by atoms with Crippen molar-refractivity contribution in [3.05, 3.63) is 35.1 Å². The fourth-order valence-corrected chi connectivity index (χ4v) is 2.40. The Hall–Kier alpha value is -0.890. The molecule has 14 heavy (non-hydrogen) atoms. The third-order valence-corrected chi connectivity index (χ3v) is 3.32. The van der Waals surface area contributed by atoms with E-state index in [1.54, 1.807) is 12.1 Å². The zero-order valence-electron chi connectivity index (χ0n) is 8.00. The van der Waals surface area contributed by atoms with Crippen molar-refractivity contribution in [1.29, 1.82) is 0 Å². The van der Waals surface area contributed by atoms with Gasteiger partial charge in [-0.25, -0.2) is 4.39 Å². The molecule has 1 heterocycles. The van der Waals surface area contributed by atoms with E-state index in [1.807, 2.05) is 6.07 Å². The average molecular weight is 192 g/mol. The Morgan fingerprint density at radius 2 is 2.14 bits per heavy atom. The summed E-state index contributed by atoms with van der Waals surface area (Å²) >= 11 is 0. The number of rotatable bonds is 1. The Morgan fingerprint density at radius 3 is 2.93 bits per heavy atom. The second-order valence-electron chi connectivity index (χ2n) is 4.29. The number of halogens is 1. The van der Waals surface area contributed by atoms with Crippen molar-refractivity contribution in [2.45, 2.75) is 25.4 Å². The van der Waals surface area contributed by atoms with E-state index in [-0.39, 0.29) is 5.82 Å². The van der Waals surface area contributed by atoms with Gasteiger partial charge in [0.2, 0.25) is 0 Å². The molecular formula is C12H13FO. The van der Waals surface area contributed by atoms with Crippen LogP contribution in [-0.2, 0) is 17.6 Å². The van der Waals surface area contributed by atoms with E-state index in [1.165, 1.54) is 11.1 Å². The third-order valence-electron chi connectivity index (χ3n) is 3.32. The van der Waals surface area contributed by atoms with Crippen LogP contribution in [0.1, 0.15) is 17.5 Å². The minimum Gasteiger partial charge on any atom is -0.373 e. The van der Waals surface area contributed by atoms with Crippen LogP contribution in [0.5, 0.6) is 0 Å². The Morgan fingerprint density at radius 1 is 1.29 bits per heavy atom. The zero-order chi connectivity index (χ0) is 9.54. The standard InChI is InChI=1S/C12H13FO/c13-11-4-3-8-5-10(12-7-14-12)2-1-9(8)6-11/h3-4,6,10,12H,1-2,5,7H2. The van der Waals surface area contributed by atoms with Crippen molar-refractivity contribution >= 4 is 0 Å². The van der Waals surface area contributed by atoms with Crippen LogP contribution in [0.4, 0.5) is 4.39 Å². The maximum Gasteiger partial charge on any atom is 0.123 e. The molecule has 1 nitrogen and oxygen atoms in total. The van der Waals surface area contributed by atoms with Crippen molar-refractivity contribution in [3.8, 4) is 0 Å². The molecule has 2 aliphatic rings. The van der Waals surface area contributed by atoms with E-state index in [9.17, 15) is 4.39 Å². The lowest BCUT2D eigenvalue weighted by atomic mass is 9.82. The fourth-order valence-electron chi connectivity index (χ4n) is 2.40. The van der Waals surface area contributed by atoms with Gasteiger partial charge >= 0.3 is 0 Å². The molecule has 0 spiro atoms. The highest BCUT2D eigenvalue weighted by molar-refractivity contribution is 5.30. The van der Waals surface area contributed by atoms with Gasteiger partial charge in [-0.05, 0) is 48.4 Å². The molecule has 1 fully saturated rings. The first-order chi connectivity index (χ1) is 6.83. The monoisotopic (exact) mass is 192 g/mol. The minimum atomic E-state index is -0.107. The van der Waals surface area contributed by atoms with Crippen molar-refractivity contribution in [3.63, 3.8) is 0 Å². The quantitative estimate of drug-likeness (QED) is 0.622. The highest BCUT2D eigenvalue weighted by Crippen LogP contribution is 2.33. The van der Waals surface area contributed by atoms with Crippen molar-refractivity contribution in [1.82, 2.24) is 0 Å². The van der Waals surface area contributed by atoms with E-state index in [2.05, 4.69) is 0 Å². The lowest BCUT2D eigenvalue weighted by molar-refractivity contribution is 0.306. The Bertz CT molecular complexity index is 357. The molecule has 0 radical (unpaired) electrons. The van der Waals surface area contributed by atoms with E-state index in [0.717, 1.165) is 25.9 Å². The zero-order valence-corrected chi connectivity index (χ0v) is 8.00. The predicted octanol–water partition coefficient (Wildman–Crippen LogP) is 2.33. The van der Waals surface area contributed by atoms with Crippen LogP contribution in [-0.4, -0.2) is 12.7 Å². The summed E-state index contributed by atoms with van der Waals surface area (Å²) in [5.41, 5.74) is 2.51. The van der Waals surface area contributed by atoms with Crippen molar-refractivity contribution in [2.75, 3.05) is 6.61 Å². The summed E-state index contributed by atoms with van der Waals surface area (Å²) in [6, 6.07) is 5.17. The molecule has 0 aromatic heterocycles. The summed E-state index contributed by atoms with van der Waals surface area (Å²) in [5, 5.41) is 0. The van der Waals surface area contributed by atoms with E-state index in [4.69, 9.17) is 4.74 Å². The molecular weight excluding hydrogens is 179 g/mol. The van der Waals surface area contributed by atoms with E-state index >= 15 is 0 Å². The Kier molecular flexibility index (Phi) is 1.84. The van der Waals surface area contributed by atoms with Crippen LogP contribution in [0.25, 0.3) is 0 Å². The maximum absolute atomic E-state index is 12.9. The molecule has 2 atom stereocenters. The molecule has 1 saturated heterocycles. The summed E-state index contributed by atoms with van der Waals surface area (Å²) in [5.74, 6) is 0.567. The van der Waals surface area contributed by atoms with Crippen LogP contribution in [0, 0.1) is 11.7 Å². The molecule has 2 unspecified atom stereocenters. The van der Waals surface area contributed by atoms with Crippen LogP contribution in [0.3, 0.4) is 0 Å². The molecule has 2 heteroatoms. The van der Waals surface area contributed by atoms with Crippen molar-refractivity contribution < 1.29 is 9.13 Å². The number of hydrogen-bond donors (Lipinski definition) is 0. The highest BCUT2D eigenvalue weighted by atomic mass is 19.1. The highest BCUT2D eigenvalue weighted by Gasteiger charge is 2.34. The van der Waals surface area contributed by atoms with E-state index < -0.39 is 0 Å². The molecule has 0 N–H and O–H groups in total. The van der Waals surface area contributed by atoms with Crippen LogP contribution < -0.4 is 0 Å². The fraction of sp³-hybridized carbons (Fsp3) is 0.500.